The molecule has 0 spiro atoms. The molecular weight excluding hydrogens is 292 g/mol. The van der Waals surface area contributed by atoms with E-state index in [9.17, 15) is 9.59 Å². The first-order valence-electron chi connectivity index (χ1n) is 7.66. The van der Waals surface area contributed by atoms with E-state index in [0.717, 1.165) is 11.1 Å². The fraction of sp³-hybridized carbons (Fsp3) is 0.263. The molecule has 118 valence electrons. The van der Waals surface area contributed by atoms with Gasteiger partial charge in [-0.1, -0.05) is 36.4 Å². The number of para-hydroxylation sites is 2. The molecule has 0 saturated heterocycles. The van der Waals surface area contributed by atoms with Crippen LogP contribution in [0.25, 0.3) is 0 Å². The van der Waals surface area contributed by atoms with Crippen molar-refractivity contribution in [2.45, 2.75) is 19.8 Å². The molecule has 0 aliphatic carbocycles. The Morgan fingerprint density at radius 3 is 2.04 bits per heavy atom. The number of ether oxygens (including phenoxy) is 2. The number of benzene rings is 2. The maximum atomic E-state index is 12.4. The smallest absolute Gasteiger partial charge is 0.317 e. The highest BCUT2D eigenvalue weighted by Crippen LogP contribution is 2.47. The van der Waals surface area contributed by atoms with E-state index in [0.29, 0.717) is 11.5 Å². The molecule has 0 bridgehead atoms. The maximum Gasteiger partial charge on any atom is 0.317 e. The Balaban J connectivity index is 2.16. The van der Waals surface area contributed by atoms with Crippen molar-refractivity contribution in [1.82, 2.24) is 0 Å². The van der Waals surface area contributed by atoms with Gasteiger partial charge in [-0.3, -0.25) is 9.59 Å². The molecule has 0 aromatic heterocycles. The number of fused-ring (bicyclic) bond motifs is 2. The predicted octanol–water partition coefficient (Wildman–Crippen LogP) is 3.69. The molecule has 1 unspecified atom stereocenters. The van der Waals surface area contributed by atoms with Gasteiger partial charge in [-0.2, -0.15) is 0 Å². The van der Waals surface area contributed by atoms with Gasteiger partial charge in [0.05, 0.1) is 6.61 Å². The molecule has 1 atom stereocenters. The van der Waals surface area contributed by atoms with Crippen LogP contribution < -0.4 is 4.74 Å². The summed E-state index contributed by atoms with van der Waals surface area (Å²) in [5.74, 6) is -0.621. The summed E-state index contributed by atoms with van der Waals surface area (Å²) in [5, 5.41) is 0. The SMILES string of the molecule is CCOC(=O)C(C(C)=O)C1c2ccccc2Oc2ccccc21. The molecule has 1 aliphatic heterocycles. The number of carbonyl (C=O) groups excluding carboxylic acids is 2. The van der Waals surface area contributed by atoms with Crippen molar-refractivity contribution in [3.63, 3.8) is 0 Å². The standard InChI is InChI=1S/C19H18O4/c1-3-22-19(21)17(12(2)20)18-13-8-4-6-10-15(13)23-16-11-7-5-9-14(16)18/h4-11,17-18H,3H2,1-2H3. The number of hydrogen-bond donors (Lipinski definition) is 0. The lowest BCUT2D eigenvalue weighted by molar-refractivity contribution is -0.151. The number of rotatable bonds is 4. The summed E-state index contributed by atoms with van der Waals surface area (Å²) in [4.78, 5) is 24.7. The summed E-state index contributed by atoms with van der Waals surface area (Å²) >= 11 is 0. The Bertz CT molecular complexity index is 705. The van der Waals surface area contributed by atoms with E-state index < -0.39 is 17.8 Å². The van der Waals surface area contributed by atoms with Gasteiger partial charge in [0.15, 0.2) is 0 Å². The van der Waals surface area contributed by atoms with Crippen LogP contribution in [0.2, 0.25) is 0 Å². The first-order valence-corrected chi connectivity index (χ1v) is 7.66. The number of Topliss-reactive ketones (excluding diaryl/α,β-unsaturated/α-hetero) is 1. The molecule has 4 nitrogen and oxygen atoms in total. The normalized spacial score (nSPS) is 14.2. The predicted molar refractivity (Wildman–Crippen MR) is 85.6 cm³/mol. The maximum absolute atomic E-state index is 12.4. The zero-order valence-corrected chi connectivity index (χ0v) is 13.1. The van der Waals surface area contributed by atoms with Gasteiger partial charge in [0.25, 0.3) is 0 Å². The van der Waals surface area contributed by atoms with Gasteiger partial charge in [-0.05, 0) is 26.0 Å². The Hall–Kier alpha value is -2.62. The van der Waals surface area contributed by atoms with E-state index in [4.69, 9.17) is 9.47 Å². The minimum Gasteiger partial charge on any atom is -0.465 e. The fourth-order valence-corrected chi connectivity index (χ4v) is 3.07. The molecule has 1 aliphatic rings. The van der Waals surface area contributed by atoms with E-state index in [1.54, 1.807) is 6.92 Å². The average molecular weight is 310 g/mol. The Kier molecular flexibility index (Phi) is 4.15. The minimum absolute atomic E-state index is 0.208. The first kappa shape index (κ1) is 15.3. The van der Waals surface area contributed by atoms with Crippen molar-refractivity contribution < 1.29 is 19.1 Å². The van der Waals surface area contributed by atoms with Crippen LogP contribution >= 0.6 is 0 Å². The quantitative estimate of drug-likeness (QED) is 0.638. The second kappa shape index (κ2) is 6.24. The third kappa shape index (κ3) is 2.72. The Morgan fingerprint density at radius 1 is 1.04 bits per heavy atom. The van der Waals surface area contributed by atoms with Crippen LogP contribution in [-0.4, -0.2) is 18.4 Å². The summed E-state index contributed by atoms with van der Waals surface area (Å²) < 4.78 is 11.1. The fourth-order valence-electron chi connectivity index (χ4n) is 3.07. The van der Waals surface area contributed by atoms with Gasteiger partial charge in [0, 0.05) is 17.0 Å². The second-order valence-corrected chi connectivity index (χ2v) is 5.50. The zero-order chi connectivity index (χ0) is 16.4. The summed E-state index contributed by atoms with van der Waals surface area (Å²) in [7, 11) is 0. The summed E-state index contributed by atoms with van der Waals surface area (Å²) in [6, 6.07) is 15.0. The summed E-state index contributed by atoms with van der Waals surface area (Å²) in [6.45, 7) is 3.42. The highest BCUT2D eigenvalue weighted by molar-refractivity contribution is 5.99. The lowest BCUT2D eigenvalue weighted by atomic mass is 9.77. The van der Waals surface area contributed by atoms with Gasteiger partial charge >= 0.3 is 5.97 Å². The molecule has 0 N–H and O–H groups in total. The topological polar surface area (TPSA) is 52.6 Å². The molecule has 4 heteroatoms. The lowest BCUT2D eigenvalue weighted by Crippen LogP contribution is -2.32. The third-order valence-corrected chi connectivity index (χ3v) is 4.04. The molecule has 1 heterocycles. The number of esters is 1. The molecule has 0 fully saturated rings. The summed E-state index contributed by atoms with van der Waals surface area (Å²) in [5.41, 5.74) is 1.67. The van der Waals surface area contributed by atoms with Gasteiger partial charge in [-0.25, -0.2) is 0 Å². The Morgan fingerprint density at radius 2 is 1.57 bits per heavy atom. The van der Waals surface area contributed by atoms with Gasteiger partial charge in [-0.15, -0.1) is 0 Å². The van der Waals surface area contributed by atoms with E-state index in [1.165, 1.54) is 6.92 Å². The molecule has 2 aromatic rings. The van der Waals surface area contributed by atoms with Crippen LogP contribution in [0, 0.1) is 5.92 Å². The lowest BCUT2D eigenvalue weighted by Gasteiger charge is -2.31. The molecular formula is C19H18O4. The van der Waals surface area contributed by atoms with Crippen LogP contribution in [0.15, 0.2) is 48.5 Å². The van der Waals surface area contributed by atoms with Gasteiger partial charge < -0.3 is 9.47 Å². The van der Waals surface area contributed by atoms with E-state index in [1.807, 2.05) is 48.5 Å². The molecule has 3 rings (SSSR count). The number of carbonyl (C=O) groups is 2. The third-order valence-electron chi connectivity index (χ3n) is 4.04. The molecule has 23 heavy (non-hydrogen) atoms. The van der Waals surface area contributed by atoms with E-state index >= 15 is 0 Å². The van der Waals surface area contributed by atoms with Crippen molar-refractivity contribution in [3.05, 3.63) is 59.7 Å². The highest BCUT2D eigenvalue weighted by atomic mass is 16.5. The van der Waals surface area contributed by atoms with Crippen molar-refractivity contribution in [3.8, 4) is 11.5 Å². The molecule has 0 amide bonds. The highest BCUT2D eigenvalue weighted by Gasteiger charge is 2.40. The van der Waals surface area contributed by atoms with Crippen LogP contribution in [0.1, 0.15) is 30.9 Å². The van der Waals surface area contributed by atoms with Gasteiger partial charge in [0.1, 0.15) is 23.2 Å². The number of ketones is 1. The largest absolute Gasteiger partial charge is 0.465 e. The number of hydrogen-bond acceptors (Lipinski definition) is 4. The van der Waals surface area contributed by atoms with Crippen molar-refractivity contribution >= 4 is 11.8 Å². The van der Waals surface area contributed by atoms with Gasteiger partial charge in [0.2, 0.25) is 0 Å². The second-order valence-electron chi connectivity index (χ2n) is 5.50. The van der Waals surface area contributed by atoms with Crippen LogP contribution in [0.3, 0.4) is 0 Å². The summed E-state index contributed by atoms with van der Waals surface area (Å²) in [6.07, 6.45) is 0. The van der Waals surface area contributed by atoms with Crippen molar-refractivity contribution in [2.24, 2.45) is 5.92 Å². The van der Waals surface area contributed by atoms with Crippen molar-refractivity contribution in [1.29, 1.82) is 0 Å². The minimum atomic E-state index is -0.874. The van der Waals surface area contributed by atoms with Crippen LogP contribution in [-0.2, 0) is 14.3 Å². The molecule has 0 saturated carbocycles. The monoisotopic (exact) mass is 310 g/mol. The van der Waals surface area contributed by atoms with Crippen molar-refractivity contribution in [2.75, 3.05) is 6.61 Å². The van der Waals surface area contributed by atoms with Crippen LogP contribution in [0.4, 0.5) is 0 Å². The van der Waals surface area contributed by atoms with Crippen LogP contribution in [0.5, 0.6) is 11.5 Å². The first-order chi connectivity index (χ1) is 11.1. The average Bonchev–Trinajstić information content (AvgIpc) is 2.54. The molecule has 0 radical (unpaired) electrons. The van der Waals surface area contributed by atoms with E-state index in [-0.39, 0.29) is 12.4 Å². The zero-order valence-electron chi connectivity index (χ0n) is 13.1. The Labute approximate surface area is 135 Å². The molecule has 2 aromatic carbocycles. The van der Waals surface area contributed by atoms with E-state index in [2.05, 4.69) is 0 Å².